The number of rotatable bonds is 5. The second-order valence-corrected chi connectivity index (χ2v) is 5.89. The van der Waals surface area contributed by atoms with E-state index < -0.39 is 11.7 Å². The third-order valence-electron chi connectivity index (χ3n) is 4.00. The average Bonchev–Trinajstić information content (AvgIpc) is 3.10. The molecule has 1 N–H and O–H groups in total. The predicted molar refractivity (Wildman–Crippen MR) is 87.6 cm³/mol. The number of carbonyl (C=O) groups excluding carboxylic acids is 1. The van der Waals surface area contributed by atoms with E-state index >= 15 is 0 Å². The summed E-state index contributed by atoms with van der Waals surface area (Å²) in [6.45, 7) is 3.02. The molecule has 1 atom stereocenters. The van der Waals surface area contributed by atoms with Crippen LogP contribution in [0.15, 0.2) is 41.0 Å². The largest absolute Gasteiger partial charge is 0.468 e. The molecule has 1 fully saturated rings. The highest BCUT2D eigenvalue weighted by atomic mass is 35.5. The molecule has 128 valence electrons. The van der Waals surface area contributed by atoms with Gasteiger partial charge in [0.1, 0.15) is 11.6 Å². The van der Waals surface area contributed by atoms with Crippen molar-refractivity contribution in [1.29, 1.82) is 0 Å². The lowest BCUT2D eigenvalue weighted by molar-refractivity contribution is 0.0118. The van der Waals surface area contributed by atoms with Crippen LogP contribution in [0.2, 0.25) is 5.02 Å². The second-order valence-electron chi connectivity index (χ2n) is 5.49. The Labute approximate surface area is 144 Å². The van der Waals surface area contributed by atoms with Crippen LogP contribution in [0.5, 0.6) is 0 Å². The molecule has 0 radical (unpaired) electrons. The summed E-state index contributed by atoms with van der Waals surface area (Å²) in [6, 6.07) is 7.70. The maximum atomic E-state index is 13.9. The van der Waals surface area contributed by atoms with E-state index in [9.17, 15) is 9.18 Å². The Morgan fingerprint density at radius 1 is 1.29 bits per heavy atom. The number of nitrogens with zero attached hydrogens (tertiary/aromatic N) is 1. The van der Waals surface area contributed by atoms with Gasteiger partial charge in [-0.15, -0.1) is 0 Å². The van der Waals surface area contributed by atoms with Crippen LogP contribution in [0, 0.1) is 5.82 Å². The number of carbonyl (C=O) groups is 1. The molecule has 1 saturated heterocycles. The SMILES string of the molecule is O=C(NCC(c1ccco1)N1CCOCC1)c1c(F)cccc1Cl. The molecule has 2 heterocycles. The van der Waals surface area contributed by atoms with Gasteiger partial charge in [-0.2, -0.15) is 0 Å². The molecule has 7 heteroatoms. The molecule has 1 aromatic heterocycles. The van der Waals surface area contributed by atoms with Gasteiger partial charge in [0, 0.05) is 19.6 Å². The lowest BCUT2D eigenvalue weighted by atomic mass is 10.1. The molecule has 1 aliphatic heterocycles. The first-order valence-corrected chi connectivity index (χ1v) is 8.12. The number of nitrogens with one attached hydrogen (secondary N) is 1. The van der Waals surface area contributed by atoms with Gasteiger partial charge in [0.25, 0.3) is 5.91 Å². The van der Waals surface area contributed by atoms with E-state index in [4.69, 9.17) is 20.8 Å². The summed E-state index contributed by atoms with van der Waals surface area (Å²) in [6.07, 6.45) is 1.60. The van der Waals surface area contributed by atoms with Gasteiger partial charge in [-0.3, -0.25) is 9.69 Å². The van der Waals surface area contributed by atoms with Crippen molar-refractivity contribution in [3.8, 4) is 0 Å². The molecule has 1 aromatic carbocycles. The van der Waals surface area contributed by atoms with E-state index in [-0.39, 0.29) is 23.2 Å². The minimum absolute atomic E-state index is 0.0911. The number of ether oxygens (including phenoxy) is 1. The number of hydrogen-bond acceptors (Lipinski definition) is 4. The summed E-state index contributed by atoms with van der Waals surface area (Å²) in [7, 11) is 0. The average molecular weight is 353 g/mol. The van der Waals surface area contributed by atoms with Crippen LogP contribution in [0.1, 0.15) is 22.2 Å². The highest BCUT2D eigenvalue weighted by Crippen LogP contribution is 2.23. The van der Waals surface area contributed by atoms with Gasteiger partial charge in [0.15, 0.2) is 0 Å². The standard InChI is InChI=1S/C17H18ClFN2O3/c18-12-3-1-4-13(19)16(12)17(22)20-11-14(15-5-2-8-24-15)21-6-9-23-10-7-21/h1-5,8,14H,6-7,9-11H2,(H,20,22). The number of furan rings is 1. The van der Waals surface area contributed by atoms with Crippen molar-refractivity contribution in [2.24, 2.45) is 0 Å². The molecule has 0 spiro atoms. The number of morpholine rings is 1. The normalized spacial score (nSPS) is 16.8. The molecule has 3 rings (SSSR count). The molecule has 0 saturated carbocycles. The molecule has 0 bridgehead atoms. The Bertz CT molecular complexity index is 667. The van der Waals surface area contributed by atoms with E-state index in [2.05, 4.69) is 10.2 Å². The van der Waals surface area contributed by atoms with Crippen molar-refractivity contribution in [3.05, 3.63) is 58.8 Å². The van der Waals surface area contributed by atoms with Gasteiger partial charge < -0.3 is 14.5 Å². The molecule has 1 aliphatic rings. The van der Waals surface area contributed by atoms with Gasteiger partial charge in [-0.25, -0.2) is 4.39 Å². The third-order valence-corrected chi connectivity index (χ3v) is 4.32. The number of amides is 1. The monoisotopic (exact) mass is 352 g/mol. The van der Waals surface area contributed by atoms with Crippen LogP contribution in [0.3, 0.4) is 0 Å². The molecular formula is C17H18ClFN2O3. The van der Waals surface area contributed by atoms with Crippen molar-refractivity contribution >= 4 is 17.5 Å². The quantitative estimate of drug-likeness (QED) is 0.899. The zero-order valence-electron chi connectivity index (χ0n) is 13.0. The van der Waals surface area contributed by atoms with Crippen LogP contribution >= 0.6 is 11.6 Å². The molecular weight excluding hydrogens is 335 g/mol. The van der Waals surface area contributed by atoms with E-state index in [1.165, 1.54) is 18.2 Å². The summed E-state index contributed by atoms with van der Waals surface area (Å²) >= 11 is 5.94. The lowest BCUT2D eigenvalue weighted by Crippen LogP contribution is -2.43. The Kier molecular flexibility index (Phi) is 5.50. The van der Waals surface area contributed by atoms with Crippen LogP contribution in [-0.4, -0.2) is 43.7 Å². The highest BCUT2D eigenvalue weighted by molar-refractivity contribution is 6.33. The third kappa shape index (κ3) is 3.77. The maximum Gasteiger partial charge on any atom is 0.255 e. The van der Waals surface area contributed by atoms with Gasteiger partial charge in [0.2, 0.25) is 0 Å². The Hall–Kier alpha value is -1.89. The molecule has 1 amide bonds. The van der Waals surface area contributed by atoms with Crippen LogP contribution in [-0.2, 0) is 4.74 Å². The van der Waals surface area contributed by atoms with Gasteiger partial charge in [-0.1, -0.05) is 17.7 Å². The van der Waals surface area contributed by atoms with Gasteiger partial charge >= 0.3 is 0 Å². The fraction of sp³-hybridized carbons (Fsp3) is 0.353. The molecule has 2 aromatic rings. The lowest BCUT2D eigenvalue weighted by Gasteiger charge is -2.33. The summed E-state index contributed by atoms with van der Waals surface area (Å²) in [5.74, 6) is -0.430. The van der Waals surface area contributed by atoms with Crippen molar-refractivity contribution in [3.63, 3.8) is 0 Å². The smallest absolute Gasteiger partial charge is 0.255 e. The zero-order valence-corrected chi connectivity index (χ0v) is 13.8. The van der Waals surface area contributed by atoms with Crippen LogP contribution in [0.4, 0.5) is 4.39 Å². The van der Waals surface area contributed by atoms with E-state index in [1.54, 1.807) is 12.3 Å². The number of benzene rings is 1. The summed E-state index contributed by atoms with van der Waals surface area (Å²) in [4.78, 5) is 14.5. The van der Waals surface area contributed by atoms with Crippen molar-refractivity contribution in [2.75, 3.05) is 32.8 Å². The van der Waals surface area contributed by atoms with E-state index in [0.717, 1.165) is 18.8 Å². The molecule has 0 aliphatic carbocycles. The number of hydrogen-bond donors (Lipinski definition) is 1. The van der Waals surface area contributed by atoms with Crippen molar-refractivity contribution < 1.29 is 18.3 Å². The minimum atomic E-state index is -0.638. The Morgan fingerprint density at radius 3 is 2.75 bits per heavy atom. The summed E-state index contributed by atoms with van der Waals surface area (Å²) in [5, 5.41) is 2.85. The van der Waals surface area contributed by atoms with Gasteiger partial charge in [-0.05, 0) is 24.3 Å². The highest BCUT2D eigenvalue weighted by Gasteiger charge is 2.26. The van der Waals surface area contributed by atoms with Crippen LogP contribution in [0.25, 0.3) is 0 Å². The Balaban J connectivity index is 1.72. The van der Waals surface area contributed by atoms with Crippen molar-refractivity contribution in [2.45, 2.75) is 6.04 Å². The summed E-state index contributed by atoms with van der Waals surface area (Å²) in [5.41, 5.74) is -0.140. The van der Waals surface area contributed by atoms with E-state index in [0.29, 0.717) is 13.2 Å². The molecule has 24 heavy (non-hydrogen) atoms. The first-order valence-electron chi connectivity index (χ1n) is 7.74. The van der Waals surface area contributed by atoms with E-state index in [1.807, 2.05) is 6.07 Å². The second kappa shape index (κ2) is 7.79. The van der Waals surface area contributed by atoms with Crippen molar-refractivity contribution in [1.82, 2.24) is 10.2 Å². The maximum absolute atomic E-state index is 13.9. The van der Waals surface area contributed by atoms with Gasteiger partial charge in [0.05, 0.1) is 36.1 Å². The first kappa shape index (κ1) is 17.0. The number of halogens is 2. The fourth-order valence-electron chi connectivity index (χ4n) is 2.77. The fourth-order valence-corrected chi connectivity index (χ4v) is 3.02. The molecule has 5 nitrogen and oxygen atoms in total. The minimum Gasteiger partial charge on any atom is -0.468 e. The topological polar surface area (TPSA) is 54.7 Å². The zero-order chi connectivity index (χ0) is 16.9. The Morgan fingerprint density at radius 2 is 2.08 bits per heavy atom. The van der Waals surface area contributed by atoms with Crippen LogP contribution < -0.4 is 5.32 Å². The molecule has 1 unspecified atom stereocenters. The summed E-state index contributed by atoms with van der Waals surface area (Å²) < 4.78 is 24.7. The predicted octanol–water partition coefficient (Wildman–Crippen LogP) is 2.88. The first-order chi connectivity index (χ1) is 11.7.